The van der Waals surface area contributed by atoms with Crippen LogP contribution in [0.2, 0.25) is 0 Å². The van der Waals surface area contributed by atoms with E-state index in [9.17, 15) is 4.79 Å². The van der Waals surface area contributed by atoms with Gasteiger partial charge in [-0.25, -0.2) is 0 Å². The second kappa shape index (κ2) is 9.84. The number of amides is 1. The lowest BCUT2D eigenvalue weighted by atomic mass is 9.93. The summed E-state index contributed by atoms with van der Waals surface area (Å²) in [5, 5.41) is 3.21. The molecule has 2 aromatic carbocycles. The Morgan fingerprint density at radius 1 is 1.00 bits per heavy atom. The lowest BCUT2D eigenvalue weighted by Gasteiger charge is -2.33. The topological polar surface area (TPSA) is 44.8 Å². The number of rotatable bonds is 9. The monoisotopic (exact) mass is 421 g/mol. The number of carbonyl (C=O) groups is 1. The Balaban J connectivity index is 1.28. The van der Waals surface area contributed by atoms with E-state index in [-0.39, 0.29) is 11.3 Å². The average molecular weight is 422 g/mol. The number of nitrogens with zero attached hydrogens (tertiary/aromatic N) is 2. The third kappa shape index (κ3) is 5.28. The minimum Gasteiger partial charge on any atom is -0.496 e. The highest BCUT2D eigenvalue weighted by Crippen LogP contribution is 2.48. The van der Waals surface area contributed by atoms with Crippen LogP contribution in [0.15, 0.2) is 48.5 Å². The van der Waals surface area contributed by atoms with E-state index in [4.69, 9.17) is 4.74 Å². The Morgan fingerprint density at radius 3 is 2.32 bits per heavy atom. The predicted octanol–water partition coefficient (Wildman–Crippen LogP) is 3.54. The van der Waals surface area contributed by atoms with Gasteiger partial charge in [0.15, 0.2) is 0 Å². The molecule has 1 N–H and O–H groups in total. The first kappa shape index (κ1) is 21.8. The minimum atomic E-state index is 0.113. The largest absolute Gasteiger partial charge is 0.496 e. The quantitative estimate of drug-likeness (QED) is 0.673. The number of nitrogens with one attached hydrogen (secondary N) is 1. The standard InChI is InChI=1S/C26H35N3O2/c1-3-28-16-18-29(19-17-28)15-12-25(30)27-20-26(13-14-26)22-10-8-21(9-11-22)23-6-4-5-7-24(23)31-2/h4-11H,3,12-20H2,1-2H3,(H,27,30). The number of likely N-dealkylation sites (N-methyl/N-ethyl adjacent to an activating group) is 1. The molecule has 0 spiro atoms. The van der Waals surface area contributed by atoms with Gasteiger partial charge in [0, 0.05) is 56.7 Å². The number of ether oxygens (including phenoxy) is 1. The Bertz CT molecular complexity index is 868. The summed E-state index contributed by atoms with van der Waals surface area (Å²) >= 11 is 0. The summed E-state index contributed by atoms with van der Waals surface area (Å²) < 4.78 is 5.50. The maximum Gasteiger partial charge on any atom is 0.221 e. The van der Waals surface area contributed by atoms with E-state index in [1.165, 1.54) is 5.56 Å². The molecule has 1 saturated carbocycles. The van der Waals surface area contributed by atoms with Crippen LogP contribution in [0.3, 0.4) is 0 Å². The number of piperazine rings is 1. The number of methoxy groups -OCH3 is 1. The van der Waals surface area contributed by atoms with Gasteiger partial charge in [0.2, 0.25) is 5.91 Å². The van der Waals surface area contributed by atoms with Gasteiger partial charge in [0.25, 0.3) is 0 Å². The van der Waals surface area contributed by atoms with Gasteiger partial charge < -0.3 is 19.9 Å². The van der Waals surface area contributed by atoms with E-state index in [1.807, 2.05) is 18.2 Å². The lowest BCUT2D eigenvalue weighted by Crippen LogP contribution is -2.47. The predicted molar refractivity (Wildman–Crippen MR) is 126 cm³/mol. The van der Waals surface area contributed by atoms with E-state index in [0.717, 1.165) is 75.5 Å². The van der Waals surface area contributed by atoms with Crippen LogP contribution in [-0.2, 0) is 10.2 Å². The number of hydrogen-bond acceptors (Lipinski definition) is 4. The van der Waals surface area contributed by atoms with E-state index in [1.54, 1.807) is 7.11 Å². The number of para-hydroxylation sites is 1. The highest BCUT2D eigenvalue weighted by Gasteiger charge is 2.44. The van der Waals surface area contributed by atoms with Crippen LogP contribution in [0.5, 0.6) is 5.75 Å². The van der Waals surface area contributed by atoms with E-state index in [0.29, 0.717) is 6.42 Å². The summed E-state index contributed by atoms with van der Waals surface area (Å²) in [4.78, 5) is 17.3. The fraction of sp³-hybridized carbons (Fsp3) is 0.500. The fourth-order valence-corrected chi connectivity index (χ4v) is 4.55. The molecule has 1 heterocycles. The molecular weight excluding hydrogens is 386 g/mol. The second-order valence-electron chi connectivity index (χ2n) is 8.86. The molecule has 4 rings (SSSR count). The smallest absolute Gasteiger partial charge is 0.221 e. The molecule has 166 valence electrons. The van der Waals surface area contributed by atoms with Gasteiger partial charge in [-0.05, 0) is 36.6 Å². The molecule has 0 unspecified atom stereocenters. The van der Waals surface area contributed by atoms with Crippen molar-refractivity contribution in [3.05, 3.63) is 54.1 Å². The van der Waals surface area contributed by atoms with Gasteiger partial charge in [-0.15, -0.1) is 0 Å². The fourth-order valence-electron chi connectivity index (χ4n) is 4.55. The minimum absolute atomic E-state index is 0.113. The molecule has 1 saturated heterocycles. The highest BCUT2D eigenvalue weighted by atomic mass is 16.5. The van der Waals surface area contributed by atoms with Crippen molar-refractivity contribution in [3.8, 4) is 16.9 Å². The summed E-state index contributed by atoms with van der Waals surface area (Å²) in [5.74, 6) is 1.06. The van der Waals surface area contributed by atoms with Crippen molar-refractivity contribution in [1.82, 2.24) is 15.1 Å². The van der Waals surface area contributed by atoms with Crippen LogP contribution in [-0.4, -0.2) is 68.6 Å². The van der Waals surface area contributed by atoms with Gasteiger partial charge in [-0.3, -0.25) is 4.79 Å². The van der Waals surface area contributed by atoms with E-state index >= 15 is 0 Å². The zero-order chi connectivity index (χ0) is 21.7. The molecule has 5 heteroatoms. The molecule has 1 aliphatic heterocycles. The van der Waals surface area contributed by atoms with Crippen LogP contribution in [0.1, 0.15) is 31.7 Å². The van der Waals surface area contributed by atoms with Gasteiger partial charge in [0.05, 0.1) is 7.11 Å². The molecule has 0 bridgehead atoms. The molecule has 0 aromatic heterocycles. The van der Waals surface area contributed by atoms with E-state index in [2.05, 4.69) is 52.4 Å². The zero-order valence-electron chi connectivity index (χ0n) is 18.9. The summed E-state index contributed by atoms with van der Waals surface area (Å²) in [6, 6.07) is 16.9. The van der Waals surface area contributed by atoms with Crippen molar-refractivity contribution >= 4 is 5.91 Å². The maximum atomic E-state index is 12.5. The normalized spacial score (nSPS) is 18.5. The van der Waals surface area contributed by atoms with Crippen molar-refractivity contribution in [3.63, 3.8) is 0 Å². The summed E-state index contributed by atoms with van der Waals surface area (Å²) in [6.45, 7) is 9.32. The summed E-state index contributed by atoms with van der Waals surface area (Å²) in [6.07, 6.45) is 2.87. The lowest BCUT2D eigenvalue weighted by molar-refractivity contribution is -0.121. The Kier molecular flexibility index (Phi) is 6.93. The van der Waals surface area contributed by atoms with Crippen LogP contribution in [0.4, 0.5) is 0 Å². The number of benzene rings is 2. The Labute approximate surface area is 186 Å². The van der Waals surface area contributed by atoms with Crippen molar-refractivity contribution in [2.24, 2.45) is 0 Å². The first-order valence-corrected chi connectivity index (χ1v) is 11.6. The van der Waals surface area contributed by atoms with Crippen LogP contribution in [0, 0.1) is 0 Å². The third-order valence-corrected chi connectivity index (χ3v) is 6.96. The van der Waals surface area contributed by atoms with Gasteiger partial charge in [-0.1, -0.05) is 49.4 Å². The van der Waals surface area contributed by atoms with Crippen molar-refractivity contribution in [2.45, 2.75) is 31.6 Å². The van der Waals surface area contributed by atoms with Crippen LogP contribution >= 0.6 is 0 Å². The average Bonchev–Trinajstić information content (AvgIpc) is 3.63. The molecule has 2 aliphatic rings. The molecular formula is C26H35N3O2. The van der Waals surface area contributed by atoms with Crippen molar-refractivity contribution in [2.75, 3.05) is 52.9 Å². The highest BCUT2D eigenvalue weighted by molar-refractivity contribution is 5.76. The molecule has 31 heavy (non-hydrogen) atoms. The first-order valence-electron chi connectivity index (χ1n) is 11.6. The van der Waals surface area contributed by atoms with Crippen LogP contribution in [0.25, 0.3) is 11.1 Å². The Hall–Kier alpha value is -2.37. The molecule has 0 atom stereocenters. The van der Waals surface area contributed by atoms with Crippen molar-refractivity contribution < 1.29 is 9.53 Å². The van der Waals surface area contributed by atoms with E-state index < -0.39 is 0 Å². The Morgan fingerprint density at radius 2 is 1.68 bits per heavy atom. The number of carbonyl (C=O) groups excluding carboxylic acids is 1. The molecule has 1 amide bonds. The van der Waals surface area contributed by atoms with Crippen molar-refractivity contribution in [1.29, 1.82) is 0 Å². The summed E-state index contributed by atoms with van der Waals surface area (Å²) in [7, 11) is 1.71. The van der Waals surface area contributed by atoms with Crippen LogP contribution < -0.4 is 10.1 Å². The molecule has 5 nitrogen and oxygen atoms in total. The SMILES string of the molecule is CCN1CCN(CCC(=O)NCC2(c3ccc(-c4ccccc4OC)cc3)CC2)CC1. The first-order chi connectivity index (χ1) is 15.1. The summed E-state index contributed by atoms with van der Waals surface area (Å²) in [5.41, 5.74) is 3.70. The maximum absolute atomic E-state index is 12.5. The third-order valence-electron chi connectivity index (χ3n) is 6.96. The van der Waals surface area contributed by atoms with Gasteiger partial charge in [0.1, 0.15) is 5.75 Å². The van der Waals surface area contributed by atoms with Gasteiger partial charge in [-0.2, -0.15) is 0 Å². The molecule has 2 aromatic rings. The second-order valence-corrected chi connectivity index (χ2v) is 8.86. The molecule has 0 radical (unpaired) electrons. The molecule has 1 aliphatic carbocycles. The molecule has 2 fully saturated rings. The van der Waals surface area contributed by atoms with Gasteiger partial charge >= 0.3 is 0 Å². The zero-order valence-corrected chi connectivity index (χ0v) is 18.9. The number of hydrogen-bond donors (Lipinski definition) is 1.